The molecule has 0 saturated carbocycles. The second-order valence-electron chi connectivity index (χ2n) is 1.61. The Bertz CT molecular complexity index is 61.3. The maximum Gasteiger partial charge on any atom is 0.182 e. The minimum Gasteiger partial charge on any atom is -0.376 e. The SMILES string of the molecule is [CH2]C(OC)C(OC)OC. The molecule has 9 heavy (non-hydrogen) atoms. The maximum absolute atomic E-state index is 4.84. The minimum atomic E-state index is -0.366. The van der Waals surface area contributed by atoms with Gasteiger partial charge in [-0.15, -0.1) is 0 Å². The van der Waals surface area contributed by atoms with Crippen molar-refractivity contribution in [1.82, 2.24) is 0 Å². The van der Waals surface area contributed by atoms with E-state index in [0.717, 1.165) is 0 Å². The molecule has 1 radical (unpaired) electrons. The summed E-state index contributed by atoms with van der Waals surface area (Å²) in [4.78, 5) is 0. The molecule has 1 unspecified atom stereocenters. The van der Waals surface area contributed by atoms with Crippen molar-refractivity contribution in [3.05, 3.63) is 6.92 Å². The van der Waals surface area contributed by atoms with Gasteiger partial charge in [0.1, 0.15) is 6.10 Å². The number of ether oxygens (including phenoxy) is 3. The lowest BCUT2D eigenvalue weighted by molar-refractivity contribution is -0.159. The summed E-state index contributed by atoms with van der Waals surface area (Å²) in [5.74, 6) is 0. The van der Waals surface area contributed by atoms with Crippen LogP contribution in [0.25, 0.3) is 0 Å². The van der Waals surface area contributed by atoms with Gasteiger partial charge in [-0.05, 0) is 6.92 Å². The minimum absolute atomic E-state index is 0.264. The van der Waals surface area contributed by atoms with E-state index in [1.165, 1.54) is 0 Å². The summed E-state index contributed by atoms with van der Waals surface area (Å²) < 4.78 is 14.5. The molecule has 1 atom stereocenters. The summed E-state index contributed by atoms with van der Waals surface area (Å²) >= 11 is 0. The zero-order valence-corrected chi connectivity index (χ0v) is 6.09. The van der Waals surface area contributed by atoms with Gasteiger partial charge < -0.3 is 14.2 Å². The second-order valence-corrected chi connectivity index (χ2v) is 1.61. The van der Waals surface area contributed by atoms with E-state index in [0.29, 0.717) is 0 Å². The molecule has 0 aliphatic rings. The van der Waals surface area contributed by atoms with E-state index in [1.807, 2.05) is 0 Å². The predicted octanol–water partition coefficient (Wildman–Crippen LogP) is 0.454. The molecule has 0 aromatic heterocycles. The van der Waals surface area contributed by atoms with Crippen LogP contribution in [0, 0.1) is 6.92 Å². The van der Waals surface area contributed by atoms with E-state index in [9.17, 15) is 0 Å². The van der Waals surface area contributed by atoms with Gasteiger partial charge in [0.2, 0.25) is 0 Å². The average Bonchev–Trinajstić information content (AvgIpc) is 1.90. The highest BCUT2D eigenvalue weighted by Crippen LogP contribution is 2.00. The molecular formula is C6H13O3. The van der Waals surface area contributed by atoms with Crippen molar-refractivity contribution in [2.45, 2.75) is 12.4 Å². The molecular weight excluding hydrogens is 120 g/mol. The first kappa shape index (κ1) is 8.88. The Hall–Kier alpha value is -0.120. The highest BCUT2D eigenvalue weighted by atomic mass is 16.7. The van der Waals surface area contributed by atoms with Crippen molar-refractivity contribution < 1.29 is 14.2 Å². The van der Waals surface area contributed by atoms with Crippen molar-refractivity contribution in [2.24, 2.45) is 0 Å². The van der Waals surface area contributed by atoms with Gasteiger partial charge in [-0.1, -0.05) is 0 Å². The summed E-state index contributed by atoms with van der Waals surface area (Å²) in [6.45, 7) is 3.63. The van der Waals surface area contributed by atoms with Gasteiger partial charge in [0.25, 0.3) is 0 Å². The number of methoxy groups -OCH3 is 3. The molecule has 3 heteroatoms. The maximum atomic E-state index is 4.84. The van der Waals surface area contributed by atoms with Crippen LogP contribution in [0.15, 0.2) is 0 Å². The first-order chi connectivity index (χ1) is 4.26. The zero-order valence-electron chi connectivity index (χ0n) is 6.09. The molecule has 0 rings (SSSR count). The quantitative estimate of drug-likeness (QED) is 0.521. The van der Waals surface area contributed by atoms with E-state index in [2.05, 4.69) is 6.92 Å². The predicted molar refractivity (Wildman–Crippen MR) is 34.0 cm³/mol. The Morgan fingerprint density at radius 2 is 1.44 bits per heavy atom. The summed E-state index contributed by atoms with van der Waals surface area (Å²) in [7, 11) is 4.65. The Labute approximate surface area is 55.9 Å². The normalized spacial score (nSPS) is 14.3. The van der Waals surface area contributed by atoms with E-state index in [1.54, 1.807) is 21.3 Å². The van der Waals surface area contributed by atoms with Crippen LogP contribution in [0.3, 0.4) is 0 Å². The summed E-state index contributed by atoms with van der Waals surface area (Å²) in [5, 5.41) is 0. The molecule has 0 fully saturated rings. The van der Waals surface area contributed by atoms with Crippen LogP contribution in [-0.2, 0) is 14.2 Å². The fourth-order valence-electron chi connectivity index (χ4n) is 0.511. The van der Waals surface area contributed by atoms with Crippen LogP contribution in [0.1, 0.15) is 0 Å². The summed E-state index contributed by atoms with van der Waals surface area (Å²) in [6.07, 6.45) is -0.630. The third-order valence-electron chi connectivity index (χ3n) is 1.07. The molecule has 0 aliphatic carbocycles. The van der Waals surface area contributed by atoms with E-state index >= 15 is 0 Å². The number of hydrogen-bond donors (Lipinski definition) is 0. The molecule has 0 bridgehead atoms. The van der Waals surface area contributed by atoms with Crippen LogP contribution < -0.4 is 0 Å². The molecule has 3 nitrogen and oxygen atoms in total. The molecule has 55 valence electrons. The van der Waals surface area contributed by atoms with Crippen molar-refractivity contribution >= 4 is 0 Å². The van der Waals surface area contributed by atoms with Crippen LogP contribution in [-0.4, -0.2) is 33.7 Å². The third-order valence-corrected chi connectivity index (χ3v) is 1.07. The lowest BCUT2D eigenvalue weighted by atomic mass is 10.4. The molecule has 0 aromatic carbocycles. The molecule has 0 saturated heterocycles. The van der Waals surface area contributed by atoms with Crippen LogP contribution >= 0.6 is 0 Å². The fraction of sp³-hybridized carbons (Fsp3) is 0.833. The van der Waals surface area contributed by atoms with Crippen molar-refractivity contribution in [1.29, 1.82) is 0 Å². The first-order valence-electron chi connectivity index (χ1n) is 2.67. The van der Waals surface area contributed by atoms with Crippen LogP contribution in [0.4, 0.5) is 0 Å². The van der Waals surface area contributed by atoms with E-state index in [4.69, 9.17) is 14.2 Å². The van der Waals surface area contributed by atoms with E-state index < -0.39 is 0 Å². The molecule has 0 amide bonds. The van der Waals surface area contributed by atoms with Crippen LogP contribution in [0.2, 0.25) is 0 Å². The highest BCUT2D eigenvalue weighted by Gasteiger charge is 2.13. The third kappa shape index (κ3) is 2.79. The summed E-state index contributed by atoms with van der Waals surface area (Å²) in [6, 6.07) is 0. The van der Waals surface area contributed by atoms with Crippen molar-refractivity contribution in [3.63, 3.8) is 0 Å². The van der Waals surface area contributed by atoms with Gasteiger partial charge >= 0.3 is 0 Å². The van der Waals surface area contributed by atoms with E-state index in [-0.39, 0.29) is 12.4 Å². The first-order valence-corrected chi connectivity index (χ1v) is 2.67. The van der Waals surface area contributed by atoms with Crippen molar-refractivity contribution in [3.8, 4) is 0 Å². The van der Waals surface area contributed by atoms with Gasteiger partial charge in [0.15, 0.2) is 6.29 Å². The smallest absolute Gasteiger partial charge is 0.182 e. The fourth-order valence-corrected chi connectivity index (χ4v) is 0.511. The lowest BCUT2D eigenvalue weighted by Gasteiger charge is -2.18. The van der Waals surface area contributed by atoms with Gasteiger partial charge in [0.05, 0.1) is 0 Å². The Balaban J connectivity index is 3.50. The van der Waals surface area contributed by atoms with Gasteiger partial charge in [-0.2, -0.15) is 0 Å². The van der Waals surface area contributed by atoms with Gasteiger partial charge in [-0.3, -0.25) is 0 Å². The average molecular weight is 133 g/mol. The lowest BCUT2D eigenvalue weighted by Crippen LogP contribution is -2.28. The molecule has 0 spiro atoms. The van der Waals surface area contributed by atoms with Gasteiger partial charge in [-0.25, -0.2) is 0 Å². The Morgan fingerprint density at radius 1 is 1.00 bits per heavy atom. The Morgan fingerprint density at radius 3 is 1.56 bits per heavy atom. The molecule has 0 N–H and O–H groups in total. The molecule has 0 aromatic rings. The molecule has 0 aliphatic heterocycles. The second kappa shape index (κ2) is 4.73. The summed E-state index contributed by atoms with van der Waals surface area (Å²) in [5.41, 5.74) is 0. The topological polar surface area (TPSA) is 27.7 Å². The number of rotatable bonds is 4. The highest BCUT2D eigenvalue weighted by molar-refractivity contribution is 4.62. The van der Waals surface area contributed by atoms with Crippen LogP contribution in [0.5, 0.6) is 0 Å². The molecule has 0 heterocycles. The number of hydrogen-bond acceptors (Lipinski definition) is 3. The standard InChI is InChI=1S/C6H13O3/c1-5(7-2)6(8-3)9-4/h5-6H,1H2,2-4H3. The Kier molecular flexibility index (Phi) is 4.67. The zero-order chi connectivity index (χ0) is 7.28. The largest absolute Gasteiger partial charge is 0.376 e. The monoisotopic (exact) mass is 133 g/mol. The van der Waals surface area contributed by atoms with Gasteiger partial charge in [0, 0.05) is 21.3 Å². The van der Waals surface area contributed by atoms with Crippen molar-refractivity contribution in [2.75, 3.05) is 21.3 Å².